The van der Waals surface area contributed by atoms with Gasteiger partial charge in [0.05, 0.1) is 11.8 Å². The minimum Gasteiger partial charge on any atom is -0.423 e. The lowest BCUT2D eigenvalue weighted by Crippen LogP contribution is -2.33. The summed E-state index contributed by atoms with van der Waals surface area (Å²) in [6, 6.07) is 14.1. The number of nitrogens with zero attached hydrogens (tertiary/aromatic N) is 6. The molecule has 0 unspecified atom stereocenters. The first kappa shape index (κ1) is 21.1. The maximum absolute atomic E-state index is 12.9. The Labute approximate surface area is 184 Å². The van der Waals surface area contributed by atoms with Gasteiger partial charge in [0, 0.05) is 5.41 Å². The molecule has 4 aromatic rings. The number of aromatic nitrogens is 5. The first-order chi connectivity index (χ1) is 15.2. The van der Waals surface area contributed by atoms with Crippen LogP contribution in [0.3, 0.4) is 0 Å². The molecule has 0 N–H and O–H groups in total. The highest BCUT2D eigenvalue weighted by Crippen LogP contribution is 2.17. The number of hydrogen-bond acceptors (Lipinski definition) is 7. The maximum Gasteiger partial charge on any atom is 0.343 e. The SMILES string of the molecule is Cc1ccccc1C(=O)Oc1ccc(/C=N\n2c(=O)c(C(C)(C)C)nn3cnnc23)cc1. The van der Waals surface area contributed by atoms with E-state index in [2.05, 4.69) is 20.4 Å². The first-order valence-electron chi connectivity index (χ1n) is 10.00. The molecule has 0 radical (unpaired) electrons. The summed E-state index contributed by atoms with van der Waals surface area (Å²) >= 11 is 0. The van der Waals surface area contributed by atoms with E-state index < -0.39 is 11.4 Å². The van der Waals surface area contributed by atoms with Crippen molar-refractivity contribution in [2.45, 2.75) is 33.1 Å². The van der Waals surface area contributed by atoms with Gasteiger partial charge in [0.15, 0.2) is 0 Å². The zero-order chi connectivity index (χ0) is 22.9. The van der Waals surface area contributed by atoms with Crippen molar-refractivity contribution in [2.24, 2.45) is 5.10 Å². The van der Waals surface area contributed by atoms with Crippen molar-refractivity contribution >= 4 is 18.0 Å². The molecule has 0 bridgehead atoms. The Morgan fingerprint density at radius 2 is 1.81 bits per heavy atom. The predicted molar refractivity (Wildman–Crippen MR) is 119 cm³/mol. The summed E-state index contributed by atoms with van der Waals surface area (Å²) in [5, 5.41) is 16.4. The first-order valence-corrected chi connectivity index (χ1v) is 10.00. The number of ether oxygens (including phenoxy) is 1. The van der Waals surface area contributed by atoms with E-state index in [0.717, 1.165) is 5.56 Å². The van der Waals surface area contributed by atoms with Gasteiger partial charge in [-0.25, -0.2) is 4.79 Å². The normalized spacial score (nSPS) is 11.9. The number of carbonyl (C=O) groups excluding carboxylic acids is 1. The van der Waals surface area contributed by atoms with Gasteiger partial charge < -0.3 is 4.74 Å². The lowest BCUT2D eigenvalue weighted by atomic mass is 9.93. The van der Waals surface area contributed by atoms with Crippen molar-refractivity contribution in [3.63, 3.8) is 0 Å². The van der Waals surface area contributed by atoms with Crippen LogP contribution < -0.4 is 10.3 Å². The monoisotopic (exact) mass is 430 g/mol. The molecule has 0 spiro atoms. The van der Waals surface area contributed by atoms with E-state index in [1.165, 1.54) is 21.7 Å². The van der Waals surface area contributed by atoms with Crippen molar-refractivity contribution in [2.75, 3.05) is 0 Å². The molecule has 9 nitrogen and oxygen atoms in total. The number of esters is 1. The minimum atomic E-state index is -0.477. The van der Waals surface area contributed by atoms with Crippen molar-refractivity contribution in [3.8, 4) is 5.75 Å². The summed E-state index contributed by atoms with van der Waals surface area (Å²) < 4.78 is 8.05. The van der Waals surface area contributed by atoms with E-state index >= 15 is 0 Å². The predicted octanol–water partition coefficient (Wildman–Crippen LogP) is 2.99. The van der Waals surface area contributed by atoms with Gasteiger partial charge in [-0.3, -0.25) is 4.79 Å². The van der Waals surface area contributed by atoms with Crippen LogP contribution in [-0.4, -0.2) is 36.7 Å². The number of hydrogen-bond donors (Lipinski definition) is 0. The third-order valence-corrected chi connectivity index (χ3v) is 4.79. The Morgan fingerprint density at radius 3 is 2.50 bits per heavy atom. The van der Waals surface area contributed by atoms with E-state index in [-0.39, 0.29) is 11.3 Å². The molecule has 0 aliphatic heterocycles. The molecule has 0 amide bonds. The Hall–Kier alpha value is -4.14. The zero-order valence-corrected chi connectivity index (χ0v) is 18.2. The van der Waals surface area contributed by atoms with Crippen LogP contribution in [0.1, 0.15) is 48.0 Å². The number of carbonyl (C=O) groups is 1. The second-order valence-electron chi connectivity index (χ2n) is 8.31. The van der Waals surface area contributed by atoms with Crippen molar-refractivity contribution in [1.29, 1.82) is 0 Å². The number of benzene rings is 2. The van der Waals surface area contributed by atoms with E-state index in [9.17, 15) is 9.59 Å². The number of rotatable bonds is 4. The molecule has 162 valence electrons. The number of aryl methyl sites for hydroxylation is 1. The number of fused-ring (bicyclic) bond motifs is 1. The summed E-state index contributed by atoms with van der Waals surface area (Å²) in [7, 11) is 0. The van der Waals surface area contributed by atoms with E-state index in [1.54, 1.807) is 36.4 Å². The molecule has 2 heterocycles. The fourth-order valence-electron chi connectivity index (χ4n) is 3.06. The molecular weight excluding hydrogens is 408 g/mol. The fraction of sp³-hybridized carbons (Fsp3) is 0.217. The maximum atomic E-state index is 12.9. The molecule has 9 heteroatoms. The topological polar surface area (TPSA) is 104 Å². The molecule has 0 aliphatic rings. The van der Waals surface area contributed by atoms with Gasteiger partial charge in [0.1, 0.15) is 17.8 Å². The van der Waals surface area contributed by atoms with Gasteiger partial charge in [-0.1, -0.05) is 39.0 Å². The quantitative estimate of drug-likeness (QED) is 0.280. The van der Waals surface area contributed by atoms with E-state index in [0.29, 0.717) is 22.6 Å². The molecule has 2 aromatic heterocycles. The molecule has 0 fully saturated rings. The second kappa shape index (κ2) is 8.18. The van der Waals surface area contributed by atoms with Crippen LogP contribution in [0.4, 0.5) is 0 Å². The molecule has 4 rings (SSSR count). The van der Waals surface area contributed by atoms with Crippen LogP contribution in [0.2, 0.25) is 0 Å². The summed E-state index contributed by atoms with van der Waals surface area (Å²) in [5.41, 5.74) is 1.58. The molecule has 0 atom stereocenters. The van der Waals surface area contributed by atoms with Gasteiger partial charge >= 0.3 is 5.97 Å². The highest BCUT2D eigenvalue weighted by molar-refractivity contribution is 5.92. The van der Waals surface area contributed by atoms with Gasteiger partial charge in [-0.05, 0) is 48.4 Å². The van der Waals surface area contributed by atoms with Gasteiger partial charge in [-0.15, -0.1) is 10.2 Å². The van der Waals surface area contributed by atoms with Crippen molar-refractivity contribution in [1.82, 2.24) is 24.5 Å². The zero-order valence-electron chi connectivity index (χ0n) is 18.2. The average molecular weight is 430 g/mol. The Morgan fingerprint density at radius 1 is 1.09 bits per heavy atom. The highest BCUT2D eigenvalue weighted by atomic mass is 16.5. The summed E-state index contributed by atoms with van der Waals surface area (Å²) in [6.07, 6.45) is 2.95. The highest BCUT2D eigenvalue weighted by Gasteiger charge is 2.23. The molecule has 0 saturated heterocycles. The third kappa shape index (κ3) is 4.18. The third-order valence-electron chi connectivity index (χ3n) is 4.79. The van der Waals surface area contributed by atoms with Crippen molar-refractivity contribution < 1.29 is 9.53 Å². The van der Waals surface area contributed by atoms with Crippen molar-refractivity contribution in [3.05, 3.63) is 87.6 Å². The fourth-order valence-corrected chi connectivity index (χ4v) is 3.06. The van der Waals surface area contributed by atoms with Gasteiger partial charge in [0.2, 0.25) is 0 Å². The van der Waals surface area contributed by atoms with E-state index in [4.69, 9.17) is 4.74 Å². The van der Waals surface area contributed by atoms with Crippen LogP contribution in [0.25, 0.3) is 5.78 Å². The van der Waals surface area contributed by atoms with Gasteiger partial charge in [-0.2, -0.15) is 19.4 Å². The Bertz CT molecular complexity index is 1380. The molecule has 2 aromatic carbocycles. The Balaban J connectivity index is 1.59. The van der Waals surface area contributed by atoms with Crippen LogP contribution in [0.5, 0.6) is 5.75 Å². The molecule has 0 saturated carbocycles. The van der Waals surface area contributed by atoms with Crippen LogP contribution in [-0.2, 0) is 5.41 Å². The lowest BCUT2D eigenvalue weighted by molar-refractivity contribution is 0.0734. The average Bonchev–Trinajstić information content (AvgIpc) is 3.22. The minimum absolute atomic E-state index is 0.211. The van der Waals surface area contributed by atoms with E-state index in [1.807, 2.05) is 39.8 Å². The van der Waals surface area contributed by atoms with Crippen LogP contribution >= 0.6 is 0 Å². The largest absolute Gasteiger partial charge is 0.423 e. The van der Waals surface area contributed by atoms with Crippen LogP contribution in [0, 0.1) is 6.92 Å². The smallest absolute Gasteiger partial charge is 0.343 e. The Kier molecular flexibility index (Phi) is 5.40. The molecular formula is C23H22N6O3. The second-order valence-corrected chi connectivity index (χ2v) is 8.31. The molecule has 0 aliphatic carbocycles. The lowest BCUT2D eigenvalue weighted by Gasteiger charge is -2.16. The standard InChI is InChI=1S/C23H22N6O3/c1-15-7-5-6-8-18(15)21(31)32-17-11-9-16(10-12-17)13-25-29-20(30)19(23(2,3)4)27-28-14-24-26-22(28)29/h5-14H,1-4H3/b25-13-. The summed E-state index contributed by atoms with van der Waals surface area (Å²) in [5.74, 6) is 0.200. The van der Waals surface area contributed by atoms with Crippen LogP contribution in [0.15, 0.2) is 64.8 Å². The summed E-state index contributed by atoms with van der Waals surface area (Å²) in [6.45, 7) is 7.56. The molecule has 32 heavy (non-hydrogen) atoms. The van der Waals surface area contributed by atoms with Gasteiger partial charge in [0.25, 0.3) is 11.3 Å². The summed E-state index contributed by atoms with van der Waals surface area (Å²) in [4.78, 5) is 25.3.